The molecule has 0 amide bonds. The Kier molecular flexibility index (Phi) is 8.47. The minimum absolute atomic E-state index is 0.0313. The van der Waals surface area contributed by atoms with Crippen LogP contribution in [0.1, 0.15) is 28.0 Å². The third-order valence-electron chi connectivity index (χ3n) is 3.59. The number of halogens is 3. The minimum atomic E-state index is -0.0359. The van der Waals surface area contributed by atoms with Gasteiger partial charge in [0.15, 0.2) is 17.3 Å². The van der Waals surface area contributed by atoms with Crippen molar-refractivity contribution >= 4 is 77.7 Å². The highest BCUT2D eigenvalue weighted by Gasteiger charge is 2.09. The van der Waals surface area contributed by atoms with E-state index in [1.165, 1.54) is 6.92 Å². The Morgan fingerprint density at radius 1 is 0.815 bits per heavy atom. The second-order valence-electron chi connectivity index (χ2n) is 5.41. The van der Waals surface area contributed by atoms with Crippen LogP contribution in [0.5, 0.6) is 0 Å². The maximum Gasteiger partial charge on any atom is 0.208 e. The summed E-state index contributed by atoms with van der Waals surface area (Å²) in [7, 11) is 0. The topological polar surface area (TPSA) is 60.4 Å². The lowest BCUT2D eigenvalue weighted by atomic mass is 10.2. The molecule has 0 aliphatic rings. The average molecular weight is 559 g/mol. The van der Waals surface area contributed by atoms with E-state index in [-0.39, 0.29) is 11.6 Å². The van der Waals surface area contributed by atoms with Crippen LogP contribution in [-0.2, 0) is 0 Å². The normalized spacial score (nSPS) is 9.93. The quantitative estimate of drug-likeness (QED) is 0.195. The van der Waals surface area contributed by atoms with Crippen LogP contribution in [-0.4, -0.2) is 16.9 Å². The molecule has 2 aromatic heterocycles. The molecule has 140 valence electrons. The molecular formula is C20H15Br3O4. The Hall–Kier alpha value is -1.70. The number of carbonyl (C=O) groups excluding carboxylic acids is 2. The summed E-state index contributed by atoms with van der Waals surface area (Å²) in [5.74, 6) is 0.775. The van der Waals surface area contributed by atoms with Crippen molar-refractivity contribution in [3.8, 4) is 0 Å². The lowest BCUT2D eigenvalue weighted by molar-refractivity contribution is 0.0984. The first-order chi connectivity index (χ1) is 13.1. The Morgan fingerprint density at radius 3 is 1.70 bits per heavy atom. The van der Waals surface area contributed by atoms with E-state index in [4.69, 9.17) is 8.83 Å². The largest absolute Gasteiger partial charge is 0.453 e. The van der Waals surface area contributed by atoms with E-state index in [1.807, 2.05) is 48.5 Å². The second kappa shape index (κ2) is 10.6. The number of furan rings is 2. The van der Waals surface area contributed by atoms with Crippen LogP contribution >= 0.6 is 44.2 Å². The number of benzene rings is 2. The molecule has 7 heteroatoms. The Labute approximate surface area is 179 Å². The van der Waals surface area contributed by atoms with Gasteiger partial charge in [0.2, 0.25) is 5.78 Å². The molecule has 0 saturated heterocycles. The van der Waals surface area contributed by atoms with Gasteiger partial charge in [0, 0.05) is 46.0 Å². The van der Waals surface area contributed by atoms with Crippen LogP contribution in [0, 0.1) is 0 Å². The molecule has 2 aromatic carbocycles. The predicted octanol–water partition coefficient (Wildman–Crippen LogP) is 7.34. The summed E-state index contributed by atoms with van der Waals surface area (Å²) in [6, 6.07) is 18.7. The van der Waals surface area contributed by atoms with E-state index in [2.05, 4.69) is 44.2 Å². The predicted molar refractivity (Wildman–Crippen MR) is 118 cm³/mol. The zero-order chi connectivity index (χ0) is 19.8. The van der Waals surface area contributed by atoms with E-state index in [9.17, 15) is 9.59 Å². The van der Waals surface area contributed by atoms with Crippen LogP contribution in [0.25, 0.3) is 21.9 Å². The molecule has 2 heterocycles. The van der Waals surface area contributed by atoms with Crippen LogP contribution in [0.4, 0.5) is 0 Å². The minimum Gasteiger partial charge on any atom is -0.453 e. The van der Waals surface area contributed by atoms with Gasteiger partial charge in [0.05, 0.1) is 5.33 Å². The first kappa shape index (κ1) is 21.6. The highest BCUT2D eigenvalue weighted by atomic mass is 80.9. The summed E-state index contributed by atoms with van der Waals surface area (Å²) >= 11 is 8.60. The molecule has 0 spiro atoms. The molecule has 4 aromatic rings. The summed E-state index contributed by atoms with van der Waals surface area (Å²) in [5.41, 5.74) is 1.52. The van der Waals surface area contributed by atoms with Gasteiger partial charge in [0.25, 0.3) is 0 Å². The zero-order valence-electron chi connectivity index (χ0n) is 14.2. The fourth-order valence-electron chi connectivity index (χ4n) is 2.34. The number of fused-ring (bicyclic) bond motifs is 2. The molecule has 0 aliphatic heterocycles. The molecule has 0 N–H and O–H groups in total. The third-order valence-corrected chi connectivity index (χ3v) is 4.10. The number of Topliss-reactive ketones (excluding diaryl/α,β-unsaturated/α-hetero) is 2. The first-order valence-electron chi connectivity index (χ1n) is 7.80. The van der Waals surface area contributed by atoms with Crippen molar-refractivity contribution in [1.29, 1.82) is 0 Å². The molecule has 0 radical (unpaired) electrons. The van der Waals surface area contributed by atoms with Gasteiger partial charge >= 0.3 is 0 Å². The number of para-hydroxylation sites is 2. The first-order valence-corrected chi connectivity index (χ1v) is 12.6. The summed E-state index contributed by atoms with van der Waals surface area (Å²) in [6.07, 6.45) is 0. The van der Waals surface area contributed by atoms with Gasteiger partial charge < -0.3 is 8.83 Å². The molecule has 0 saturated carbocycles. The van der Waals surface area contributed by atoms with Gasteiger partial charge in [-0.15, -0.1) is 0 Å². The Bertz CT molecular complexity index is 983. The van der Waals surface area contributed by atoms with Gasteiger partial charge in [-0.25, -0.2) is 0 Å². The zero-order valence-corrected chi connectivity index (χ0v) is 19.0. The van der Waals surface area contributed by atoms with Crippen LogP contribution in [0.3, 0.4) is 0 Å². The Balaban J connectivity index is 0.000000178. The monoisotopic (exact) mass is 556 g/mol. The van der Waals surface area contributed by atoms with Gasteiger partial charge in [0.1, 0.15) is 11.2 Å². The molecule has 0 unspecified atom stereocenters. The molecule has 0 fully saturated rings. The van der Waals surface area contributed by atoms with Gasteiger partial charge in [-0.2, -0.15) is 0 Å². The van der Waals surface area contributed by atoms with Crippen molar-refractivity contribution in [2.24, 2.45) is 0 Å². The second-order valence-corrected chi connectivity index (χ2v) is 5.97. The lowest BCUT2D eigenvalue weighted by Crippen LogP contribution is -1.96. The molecule has 27 heavy (non-hydrogen) atoms. The van der Waals surface area contributed by atoms with Crippen molar-refractivity contribution in [1.82, 2.24) is 0 Å². The maximum atomic E-state index is 11.2. The van der Waals surface area contributed by atoms with Crippen molar-refractivity contribution in [3.05, 3.63) is 72.2 Å². The maximum absolute atomic E-state index is 11.2. The highest BCUT2D eigenvalue weighted by molar-refractivity contribution is 9.93. The van der Waals surface area contributed by atoms with Crippen molar-refractivity contribution in [2.75, 3.05) is 5.33 Å². The van der Waals surface area contributed by atoms with Gasteiger partial charge in [-0.1, -0.05) is 52.3 Å². The van der Waals surface area contributed by atoms with Crippen molar-refractivity contribution in [2.45, 2.75) is 6.92 Å². The number of hydrogen-bond donors (Lipinski definition) is 0. The summed E-state index contributed by atoms with van der Waals surface area (Å²) in [4.78, 5) is 22.2. The van der Waals surface area contributed by atoms with Crippen LogP contribution < -0.4 is 0 Å². The molecule has 4 nitrogen and oxygen atoms in total. The third kappa shape index (κ3) is 5.64. The fraction of sp³-hybridized carbons (Fsp3) is 0.100. The molecular weight excluding hydrogens is 544 g/mol. The van der Waals surface area contributed by atoms with E-state index in [1.54, 1.807) is 12.1 Å². The molecule has 0 bridgehead atoms. The van der Waals surface area contributed by atoms with E-state index in [0.717, 1.165) is 21.9 Å². The van der Waals surface area contributed by atoms with E-state index in [0.29, 0.717) is 16.9 Å². The van der Waals surface area contributed by atoms with Crippen LogP contribution in [0.2, 0.25) is 0 Å². The van der Waals surface area contributed by atoms with E-state index >= 15 is 0 Å². The van der Waals surface area contributed by atoms with Crippen LogP contribution in [0.15, 0.2) is 69.5 Å². The molecule has 0 aliphatic carbocycles. The summed E-state index contributed by atoms with van der Waals surface area (Å²) in [5, 5.41) is 2.24. The SMILES string of the molecule is BrBr.CC(=O)c1cc2ccccc2o1.O=C(CBr)c1cc2ccccc2o1. The molecule has 0 atom stereocenters. The smallest absolute Gasteiger partial charge is 0.208 e. The van der Waals surface area contributed by atoms with Gasteiger partial charge in [-0.3, -0.25) is 9.59 Å². The number of rotatable bonds is 3. The van der Waals surface area contributed by atoms with E-state index < -0.39 is 0 Å². The summed E-state index contributed by atoms with van der Waals surface area (Å²) < 4.78 is 10.6. The number of alkyl halides is 1. The number of hydrogen-bond acceptors (Lipinski definition) is 4. The fourth-order valence-corrected chi connectivity index (χ4v) is 2.62. The van der Waals surface area contributed by atoms with Crippen molar-refractivity contribution in [3.63, 3.8) is 0 Å². The number of carbonyl (C=O) groups is 2. The average Bonchev–Trinajstić information content (AvgIpc) is 3.33. The highest BCUT2D eigenvalue weighted by Crippen LogP contribution is 2.20. The standard InChI is InChI=1S/C10H7BrO2.C10H8O2.Br2/c11-6-8(12)10-5-7-3-1-2-4-9(7)13-10;1-7(11)10-6-8-4-2-3-5-9(8)12-10;1-2/h1-5H,6H2;2-6H,1H3;. The lowest BCUT2D eigenvalue weighted by Gasteiger charge is -1.86. The van der Waals surface area contributed by atoms with Gasteiger partial charge in [-0.05, 0) is 24.3 Å². The Morgan fingerprint density at radius 2 is 1.26 bits per heavy atom. The molecule has 4 rings (SSSR count). The number of ketones is 2. The van der Waals surface area contributed by atoms with Crippen molar-refractivity contribution < 1.29 is 18.4 Å². The summed E-state index contributed by atoms with van der Waals surface area (Å²) in [6.45, 7) is 1.50.